The Bertz CT molecular complexity index is 260. The van der Waals surface area contributed by atoms with Crippen molar-refractivity contribution in [3.63, 3.8) is 0 Å². The molecule has 1 aliphatic heterocycles. The number of carbonyl (C=O) groups excluding carboxylic acids is 1. The van der Waals surface area contributed by atoms with E-state index in [1.807, 2.05) is 6.92 Å². The van der Waals surface area contributed by atoms with Gasteiger partial charge < -0.3 is 20.7 Å². The van der Waals surface area contributed by atoms with E-state index in [0.29, 0.717) is 5.92 Å². The topological polar surface area (TPSA) is 67.6 Å². The Morgan fingerprint density at radius 2 is 2.35 bits per heavy atom. The van der Waals surface area contributed by atoms with Gasteiger partial charge in [-0.25, -0.2) is 0 Å². The first kappa shape index (κ1) is 14.4. The van der Waals surface area contributed by atoms with Crippen LogP contribution in [0.1, 0.15) is 19.8 Å². The number of primary amides is 1. The quantitative estimate of drug-likeness (QED) is 0.650. The average Bonchev–Trinajstić information content (AvgIpc) is 2.74. The number of hydrogen-bond donors (Lipinski definition) is 2. The molecule has 0 bridgehead atoms. The van der Waals surface area contributed by atoms with Crippen LogP contribution in [-0.2, 0) is 9.53 Å². The number of likely N-dealkylation sites (N-methyl/N-ethyl adjacent to an activating group) is 1. The van der Waals surface area contributed by atoms with E-state index in [1.54, 1.807) is 14.2 Å². The van der Waals surface area contributed by atoms with E-state index in [1.165, 1.54) is 6.42 Å². The van der Waals surface area contributed by atoms with Crippen LogP contribution in [0, 0.1) is 5.92 Å². The van der Waals surface area contributed by atoms with E-state index in [-0.39, 0.29) is 5.91 Å². The predicted octanol–water partition coefficient (Wildman–Crippen LogP) is -0.192. The SMILES string of the molecule is CNC(C)(CCN1CCC(COC)C1)C(N)=O. The van der Waals surface area contributed by atoms with Crippen molar-refractivity contribution in [2.45, 2.75) is 25.3 Å². The molecule has 2 atom stereocenters. The minimum Gasteiger partial charge on any atom is -0.384 e. The highest BCUT2D eigenvalue weighted by molar-refractivity contribution is 5.84. The molecule has 1 saturated heterocycles. The first-order valence-corrected chi connectivity index (χ1v) is 6.22. The lowest BCUT2D eigenvalue weighted by Gasteiger charge is -2.28. The van der Waals surface area contributed by atoms with Crippen molar-refractivity contribution >= 4 is 5.91 Å². The molecule has 0 aromatic heterocycles. The summed E-state index contributed by atoms with van der Waals surface area (Å²) in [4.78, 5) is 13.7. The Morgan fingerprint density at radius 3 is 2.88 bits per heavy atom. The maximum absolute atomic E-state index is 11.3. The van der Waals surface area contributed by atoms with Crippen LogP contribution in [0.15, 0.2) is 0 Å². The highest BCUT2D eigenvalue weighted by Gasteiger charge is 2.30. The van der Waals surface area contributed by atoms with E-state index in [9.17, 15) is 4.79 Å². The zero-order valence-corrected chi connectivity index (χ0v) is 11.2. The largest absolute Gasteiger partial charge is 0.384 e. The van der Waals surface area contributed by atoms with Crippen LogP contribution in [0.3, 0.4) is 0 Å². The first-order chi connectivity index (χ1) is 8.01. The van der Waals surface area contributed by atoms with Crippen molar-refractivity contribution in [3.8, 4) is 0 Å². The molecule has 1 fully saturated rings. The van der Waals surface area contributed by atoms with Crippen LogP contribution in [-0.4, -0.2) is 56.7 Å². The molecule has 1 rings (SSSR count). The van der Waals surface area contributed by atoms with Gasteiger partial charge in [-0.1, -0.05) is 0 Å². The molecule has 0 radical (unpaired) electrons. The van der Waals surface area contributed by atoms with E-state index in [4.69, 9.17) is 10.5 Å². The molecule has 1 aliphatic rings. The van der Waals surface area contributed by atoms with Crippen molar-refractivity contribution in [3.05, 3.63) is 0 Å². The molecule has 100 valence electrons. The van der Waals surface area contributed by atoms with Gasteiger partial charge in [-0.15, -0.1) is 0 Å². The average molecular weight is 243 g/mol. The van der Waals surface area contributed by atoms with Gasteiger partial charge in [-0.05, 0) is 39.3 Å². The highest BCUT2D eigenvalue weighted by atomic mass is 16.5. The Labute approximate surface area is 104 Å². The number of nitrogens with zero attached hydrogens (tertiary/aromatic N) is 1. The van der Waals surface area contributed by atoms with Crippen LogP contribution in [0.5, 0.6) is 0 Å². The first-order valence-electron chi connectivity index (χ1n) is 6.22. The van der Waals surface area contributed by atoms with Gasteiger partial charge in [0, 0.05) is 20.2 Å². The Morgan fingerprint density at radius 1 is 1.65 bits per heavy atom. The summed E-state index contributed by atoms with van der Waals surface area (Å²) >= 11 is 0. The summed E-state index contributed by atoms with van der Waals surface area (Å²) in [5.41, 5.74) is 4.80. The minimum absolute atomic E-state index is 0.285. The van der Waals surface area contributed by atoms with Gasteiger partial charge >= 0.3 is 0 Å². The number of hydrogen-bond acceptors (Lipinski definition) is 4. The Balaban J connectivity index is 2.34. The van der Waals surface area contributed by atoms with Gasteiger partial charge in [0.2, 0.25) is 5.91 Å². The standard InChI is InChI=1S/C12H25N3O2/c1-12(14-2,11(13)16)5-7-15-6-4-10(8-15)9-17-3/h10,14H,4-9H2,1-3H3,(H2,13,16). The highest BCUT2D eigenvalue weighted by Crippen LogP contribution is 2.18. The molecule has 17 heavy (non-hydrogen) atoms. The molecular formula is C12H25N3O2. The van der Waals surface area contributed by atoms with Gasteiger partial charge in [0.15, 0.2) is 0 Å². The monoisotopic (exact) mass is 243 g/mol. The third-order valence-electron chi connectivity index (χ3n) is 3.80. The fourth-order valence-electron chi connectivity index (χ4n) is 2.24. The number of rotatable bonds is 7. The molecule has 0 aromatic carbocycles. The molecule has 3 N–H and O–H groups in total. The fourth-order valence-corrected chi connectivity index (χ4v) is 2.24. The zero-order valence-electron chi connectivity index (χ0n) is 11.2. The maximum atomic E-state index is 11.3. The van der Waals surface area contributed by atoms with Crippen molar-refractivity contribution in [2.24, 2.45) is 11.7 Å². The summed E-state index contributed by atoms with van der Waals surface area (Å²) < 4.78 is 5.17. The summed E-state index contributed by atoms with van der Waals surface area (Å²) in [5.74, 6) is 0.349. The van der Waals surface area contributed by atoms with Crippen molar-refractivity contribution in [1.82, 2.24) is 10.2 Å². The summed E-state index contributed by atoms with van der Waals surface area (Å²) in [6.07, 6.45) is 1.93. The Kier molecular flexibility index (Phi) is 5.36. The van der Waals surface area contributed by atoms with Crippen LogP contribution in [0.25, 0.3) is 0 Å². The summed E-state index contributed by atoms with van der Waals surface area (Å²) in [6, 6.07) is 0. The lowest BCUT2D eigenvalue weighted by Crippen LogP contribution is -2.53. The third-order valence-corrected chi connectivity index (χ3v) is 3.80. The number of nitrogens with one attached hydrogen (secondary N) is 1. The van der Waals surface area contributed by atoms with E-state index >= 15 is 0 Å². The van der Waals surface area contributed by atoms with Crippen molar-refractivity contribution in [1.29, 1.82) is 0 Å². The minimum atomic E-state index is -0.598. The fraction of sp³-hybridized carbons (Fsp3) is 0.917. The van der Waals surface area contributed by atoms with Gasteiger partial charge in [-0.2, -0.15) is 0 Å². The molecule has 0 aliphatic carbocycles. The normalized spacial score (nSPS) is 24.8. The molecule has 0 saturated carbocycles. The molecular weight excluding hydrogens is 218 g/mol. The summed E-state index contributed by atoms with van der Waals surface area (Å²) in [7, 11) is 3.52. The zero-order chi connectivity index (χ0) is 12.9. The number of amides is 1. The second-order valence-corrected chi connectivity index (χ2v) is 5.11. The molecule has 1 amide bonds. The van der Waals surface area contributed by atoms with Gasteiger partial charge in [0.25, 0.3) is 0 Å². The number of likely N-dealkylation sites (tertiary alicyclic amines) is 1. The van der Waals surface area contributed by atoms with Crippen LogP contribution in [0.2, 0.25) is 0 Å². The van der Waals surface area contributed by atoms with Crippen LogP contribution >= 0.6 is 0 Å². The number of methoxy groups -OCH3 is 1. The molecule has 2 unspecified atom stereocenters. The maximum Gasteiger partial charge on any atom is 0.237 e. The molecule has 0 aromatic rings. The van der Waals surface area contributed by atoms with E-state index in [2.05, 4.69) is 10.2 Å². The number of carbonyl (C=O) groups is 1. The molecule has 1 heterocycles. The lowest BCUT2D eigenvalue weighted by atomic mass is 9.97. The van der Waals surface area contributed by atoms with Gasteiger partial charge in [0.1, 0.15) is 0 Å². The third kappa shape index (κ3) is 3.94. The summed E-state index contributed by atoms with van der Waals surface area (Å²) in [5, 5.41) is 3.01. The van der Waals surface area contributed by atoms with Crippen LogP contribution in [0.4, 0.5) is 0 Å². The smallest absolute Gasteiger partial charge is 0.237 e. The number of ether oxygens (including phenoxy) is 1. The van der Waals surface area contributed by atoms with Crippen LogP contribution < -0.4 is 11.1 Å². The van der Waals surface area contributed by atoms with E-state index < -0.39 is 5.54 Å². The Hall–Kier alpha value is -0.650. The van der Waals surface area contributed by atoms with Gasteiger partial charge in [-0.3, -0.25) is 4.79 Å². The predicted molar refractivity (Wildman–Crippen MR) is 67.7 cm³/mol. The van der Waals surface area contributed by atoms with Crippen molar-refractivity contribution in [2.75, 3.05) is 40.4 Å². The summed E-state index contributed by atoms with van der Waals surface area (Å²) in [6.45, 7) is 5.74. The van der Waals surface area contributed by atoms with Gasteiger partial charge in [0.05, 0.1) is 12.1 Å². The second-order valence-electron chi connectivity index (χ2n) is 5.11. The molecule has 0 spiro atoms. The van der Waals surface area contributed by atoms with Crippen molar-refractivity contribution < 1.29 is 9.53 Å². The van der Waals surface area contributed by atoms with E-state index in [0.717, 1.165) is 32.7 Å². The number of nitrogens with two attached hydrogens (primary N) is 1. The second kappa shape index (κ2) is 6.33. The molecule has 5 heteroatoms. The molecule has 5 nitrogen and oxygen atoms in total. The lowest BCUT2D eigenvalue weighted by molar-refractivity contribution is -0.124.